The summed E-state index contributed by atoms with van der Waals surface area (Å²) in [7, 11) is -3.16. The van der Waals surface area contributed by atoms with Crippen LogP contribution in [0.5, 0.6) is 0 Å². The number of hydrogen-bond acceptors (Lipinski definition) is 5. The second kappa shape index (κ2) is 7.80. The quantitative estimate of drug-likeness (QED) is 0.637. The molecule has 1 amide bonds. The molecule has 0 N–H and O–H groups in total. The number of rotatable bonds is 5. The number of fused-ring (bicyclic) bond motifs is 5. The summed E-state index contributed by atoms with van der Waals surface area (Å²) in [6, 6.07) is 5.50. The zero-order chi connectivity index (χ0) is 24.5. The summed E-state index contributed by atoms with van der Waals surface area (Å²) in [5, 5.41) is 8.75. The zero-order valence-electron chi connectivity index (χ0n) is 19.6. The molecule has 182 valence electrons. The third-order valence-electron chi connectivity index (χ3n) is 8.57. The van der Waals surface area contributed by atoms with Crippen molar-refractivity contribution in [2.45, 2.75) is 51.4 Å². The highest BCUT2D eigenvalue weighted by molar-refractivity contribution is 7.91. The van der Waals surface area contributed by atoms with Gasteiger partial charge < -0.3 is 4.90 Å². The maximum Gasteiger partial charge on any atom is 0.226 e. The average Bonchev–Trinajstić information content (AvgIpc) is 3.33. The summed E-state index contributed by atoms with van der Waals surface area (Å²) in [6.45, 7) is 7.13. The first-order valence-electron chi connectivity index (χ1n) is 11.8. The van der Waals surface area contributed by atoms with E-state index in [0.29, 0.717) is 19.5 Å². The fourth-order valence-electron chi connectivity index (χ4n) is 6.56. The highest BCUT2D eigenvalue weighted by Crippen LogP contribution is 2.67. The molecule has 2 aromatic rings. The van der Waals surface area contributed by atoms with E-state index in [1.807, 2.05) is 6.92 Å². The molecule has 1 aliphatic heterocycles. The van der Waals surface area contributed by atoms with E-state index in [4.69, 9.17) is 0 Å². The maximum atomic E-state index is 14.4. The largest absolute Gasteiger partial charge is 0.342 e. The molecule has 1 aromatic heterocycles. The van der Waals surface area contributed by atoms with Crippen LogP contribution in [0.3, 0.4) is 0 Å². The van der Waals surface area contributed by atoms with Crippen molar-refractivity contribution in [1.82, 2.24) is 15.1 Å². The Morgan fingerprint density at radius 1 is 1.18 bits per heavy atom. The smallest absolute Gasteiger partial charge is 0.226 e. The Bertz CT molecular complexity index is 1260. The van der Waals surface area contributed by atoms with Crippen LogP contribution in [0.15, 0.2) is 24.3 Å². The van der Waals surface area contributed by atoms with Crippen molar-refractivity contribution in [3.8, 4) is 11.3 Å². The number of halogens is 2. The predicted octanol–water partition coefficient (Wildman–Crippen LogP) is 3.86. The van der Waals surface area contributed by atoms with Crippen molar-refractivity contribution in [2.24, 2.45) is 11.3 Å². The second-order valence-electron chi connectivity index (χ2n) is 10.5. The summed E-state index contributed by atoms with van der Waals surface area (Å²) >= 11 is 0. The highest BCUT2D eigenvalue weighted by Gasteiger charge is 2.64. The van der Waals surface area contributed by atoms with Crippen molar-refractivity contribution >= 4 is 15.7 Å². The number of carbonyl (C=O) groups is 1. The Labute approximate surface area is 198 Å². The predicted molar refractivity (Wildman–Crippen MR) is 124 cm³/mol. The van der Waals surface area contributed by atoms with E-state index in [1.54, 1.807) is 11.0 Å². The van der Waals surface area contributed by atoms with E-state index in [0.717, 1.165) is 24.1 Å². The molecular weight excluding hydrogens is 460 g/mol. The molecule has 3 aliphatic rings. The molecule has 5 rings (SSSR count). The second-order valence-corrected chi connectivity index (χ2v) is 12.7. The lowest BCUT2D eigenvalue weighted by Crippen LogP contribution is -2.50. The van der Waals surface area contributed by atoms with Crippen LogP contribution in [-0.4, -0.2) is 54.0 Å². The van der Waals surface area contributed by atoms with E-state index in [9.17, 15) is 22.0 Å². The first-order valence-corrected chi connectivity index (χ1v) is 13.6. The van der Waals surface area contributed by atoms with Crippen LogP contribution >= 0.6 is 0 Å². The van der Waals surface area contributed by atoms with Gasteiger partial charge in [-0.25, -0.2) is 17.2 Å². The molecule has 0 radical (unpaired) electrons. The van der Waals surface area contributed by atoms with Crippen LogP contribution in [0.25, 0.3) is 11.3 Å². The van der Waals surface area contributed by atoms with E-state index < -0.39 is 32.8 Å². The Morgan fingerprint density at radius 3 is 2.50 bits per heavy atom. The monoisotopic (exact) mass is 489 g/mol. The van der Waals surface area contributed by atoms with Crippen LogP contribution in [-0.2, 0) is 20.0 Å². The lowest BCUT2D eigenvalue weighted by molar-refractivity contribution is -0.136. The van der Waals surface area contributed by atoms with Gasteiger partial charge in [-0.15, -0.1) is 0 Å². The van der Waals surface area contributed by atoms with Gasteiger partial charge in [0.1, 0.15) is 11.6 Å². The van der Waals surface area contributed by atoms with Gasteiger partial charge in [0.05, 0.1) is 34.4 Å². The molecule has 2 aliphatic carbocycles. The van der Waals surface area contributed by atoms with Gasteiger partial charge in [0.15, 0.2) is 9.84 Å². The van der Waals surface area contributed by atoms with Gasteiger partial charge in [-0.1, -0.05) is 19.9 Å². The molecule has 34 heavy (non-hydrogen) atoms. The number of benzene rings is 1. The average molecular weight is 490 g/mol. The van der Waals surface area contributed by atoms with Gasteiger partial charge in [-0.3, -0.25) is 4.79 Å². The zero-order valence-corrected chi connectivity index (χ0v) is 20.5. The van der Waals surface area contributed by atoms with Crippen molar-refractivity contribution in [2.75, 3.05) is 24.6 Å². The maximum absolute atomic E-state index is 14.4. The molecule has 3 atom stereocenters. The number of nitrogens with zero attached hydrogens (tertiary/aromatic N) is 3. The lowest BCUT2D eigenvalue weighted by atomic mass is 9.68. The molecule has 1 unspecified atom stereocenters. The fraction of sp³-hybridized carbons (Fsp3) is 0.560. The normalized spacial score (nSPS) is 28.1. The first-order chi connectivity index (χ1) is 16.0. The minimum absolute atomic E-state index is 0.0589. The van der Waals surface area contributed by atoms with Gasteiger partial charge in [0.2, 0.25) is 5.91 Å². The molecule has 1 aromatic carbocycles. The van der Waals surface area contributed by atoms with Crippen LogP contribution in [0.4, 0.5) is 8.78 Å². The molecule has 6 nitrogen and oxygen atoms in total. The van der Waals surface area contributed by atoms with E-state index in [-0.39, 0.29) is 40.0 Å². The molecule has 1 saturated heterocycles. The molecule has 2 fully saturated rings. The standard InChI is InChI=1S/C25H29F2N3O3S/c1-4-30(23(31)15-9-11-34(32,33)13-15)14-25-10-8-17(24(25,2)3)16-12-20(28-29-22(16)25)21-18(26)6-5-7-19(21)27/h5-7,12,15,17H,4,8-11,13-14H2,1-3H3/t15?,17-,25-/m0/s1. The molecule has 2 heterocycles. The number of likely N-dealkylation sites (N-methyl/N-ethyl adjacent to an activating group) is 1. The summed E-state index contributed by atoms with van der Waals surface area (Å²) in [5.74, 6) is -1.88. The highest BCUT2D eigenvalue weighted by atomic mass is 32.2. The summed E-state index contributed by atoms with van der Waals surface area (Å²) < 4.78 is 52.7. The molecule has 0 spiro atoms. The van der Waals surface area contributed by atoms with Crippen molar-refractivity contribution in [3.63, 3.8) is 0 Å². The van der Waals surface area contributed by atoms with Gasteiger partial charge >= 0.3 is 0 Å². The summed E-state index contributed by atoms with van der Waals surface area (Å²) in [5.41, 5.74) is 1.03. The van der Waals surface area contributed by atoms with Gasteiger partial charge in [0, 0.05) is 18.5 Å². The van der Waals surface area contributed by atoms with Crippen LogP contribution in [0, 0.1) is 23.0 Å². The summed E-state index contributed by atoms with van der Waals surface area (Å²) in [6.07, 6.45) is 2.07. The lowest BCUT2D eigenvalue weighted by Gasteiger charge is -2.42. The van der Waals surface area contributed by atoms with Crippen LogP contribution < -0.4 is 0 Å². The third-order valence-corrected chi connectivity index (χ3v) is 10.3. The van der Waals surface area contributed by atoms with Gasteiger partial charge in [-0.05, 0) is 61.3 Å². The van der Waals surface area contributed by atoms with E-state index >= 15 is 0 Å². The molecule has 9 heteroatoms. The fourth-order valence-corrected chi connectivity index (χ4v) is 8.29. The van der Waals surface area contributed by atoms with Gasteiger partial charge in [-0.2, -0.15) is 10.2 Å². The minimum atomic E-state index is -3.16. The number of aromatic nitrogens is 2. The van der Waals surface area contributed by atoms with Crippen LogP contribution in [0.2, 0.25) is 0 Å². The van der Waals surface area contributed by atoms with Crippen molar-refractivity contribution < 1.29 is 22.0 Å². The SMILES string of the molecule is CCN(C[C@@]12CC[C@@H](c3cc(-c4c(F)cccc4F)nnc31)C2(C)C)C(=O)C1CCS(=O)(=O)C1. The number of carbonyl (C=O) groups excluding carboxylic acids is 1. The molecular formula is C25H29F2N3O3S. The Kier molecular flexibility index (Phi) is 5.35. The molecule has 2 bridgehead atoms. The Hall–Kier alpha value is -2.42. The van der Waals surface area contributed by atoms with E-state index in [1.165, 1.54) is 18.2 Å². The van der Waals surface area contributed by atoms with Crippen molar-refractivity contribution in [1.29, 1.82) is 0 Å². The van der Waals surface area contributed by atoms with Crippen molar-refractivity contribution in [3.05, 3.63) is 47.2 Å². The van der Waals surface area contributed by atoms with E-state index in [2.05, 4.69) is 24.0 Å². The first kappa shape index (κ1) is 23.3. The number of sulfone groups is 1. The minimum Gasteiger partial charge on any atom is -0.342 e. The van der Waals surface area contributed by atoms with Crippen LogP contribution in [0.1, 0.15) is 57.2 Å². The molecule has 1 saturated carbocycles. The third kappa shape index (κ3) is 3.30. The van der Waals surface area contributed by atoms with Gasteiger partial charge in [0.25, 0.3) is 0 Å². The Morgan fingerprint density at radius 2 is 1.88 bits per heavy atom. The number of amides is 1. The summed E-state index contributed by atoms with van der Waals surface area (Å²) in [4.78, 5) is 15.1. The Balaban J connectivity index is 1.52. The topological polar surface area (TPSA) is 80.2 Å². The number of hydrogen-bond donors (Lipinski definition) is 0.